The van der Waals surface area contributed by atoms with Crippen molar-refractivity contribution in [2.24, 2.45) is 0 Å². The van der Waals surface area contributed by atoms with Gasteiger partial charge in [-0.2, -0.15) is 0 Å². The second-order valence-electron chi connectivity index (χ2n) is 4.94. The third kappa shape index (κ3) is 2.43. The Balaban J connectivity index is 2.45. The Kier molecular flexibility index (Phi) is 2.61. The minimum absolute atomic E-state index is 0.300. The third-order valence-corrected chi connectivity index (χ3v) is 2.15. The van der Waals surface area contributed by atoms with E-state index in [-0.39, 0.29) is 0 Å². The van der Waals surface area contributed by atoms with Crippen LogP contribution in [0.4, 0.5) is 0 Å². The molecule has 0 fully saturated rings. The smallest absolute Gasteiger partial charge is 0.358 e. The highest BCUT2D eigenvalue weighted by molar-refractivity contribution is 6.00. The Morgan fingerprint density at radius 3 is 2.71 bits per heavy atom. The van der Waals surface area contributed by atoms with Crippen molar-refractivity contribution < 1.29 is 9.53 Å². The van der Waals surface area contributed by atoms with Gasteiger partial charge >= 0.3 is 5.97 Å². The van der Waals surface area contributed by atoms with E-state index in [1.54, 1.807) is 0 Å². The molecule has 0 aliphatic carbocycles. The Bertz CT molecular complexity index is 567. The Morgan fingerprint density at radius 1 is 1.35 bits per heavy atom. The van der Waals surface area contributed by atoms with Gasteiger partial charge in [0, 0.05) is 5.69 Å². The molecule has 0 aromatic carbocycles. The van der Waals surface area contributed by atoms with Gasteiger partial charge in [0.2, 0.25) is 0 Å². The number of fused-ring (bicyclic) bond motifs is 1. The first-order valence-corrected chi connectivity index (χ1v) is 5.40. The molecule has 0 amide bonds. The maximum absolute atomic E-state index is 12.0. The van der Waals surface area contributed by atoms with Gasteiger partial charge in [0.25, 0.3) is 0 Å². The monoisotopic (exact) mass is 233 g/mol. The number of rotatable bonds is 1. The molecule has 1 N–H and O–H groups in total. The number of carbonyl (C=O) groups excluding carboxylic acids is 1. The molecule has 2 heterocycles. The van der Waals surface area contributed by atoms with Crippen LogP contribution in [-0.4, -0.2) is 26.5 Å². The molecule has 0 saturated heterocycles. The number of H-pyrrole nitrogens is 1. The van der Waals surface area contributed by atoms with E-state index >= 15 is 0 Å². The molecule has 17 heavy (non-hydrogen) atoms. The van der Waals surface area contributed by atoms with Gasteiger partial charge in [-0.05, 0) is 33.8 Å². The number of hydrogen-bond acceptors (Lipinski definition) is 4. The molecule has 5 nitrogen and oxygen atoms in total. The van der Waals surface area contributed by atoms with Crippen molar-refractivity contribution >= 4 is 17.0 Å². The zero-order valence-electron chi connectivity index (χ0n) is 10.4. The molecule has 5 heteroatoms. The van der Waals surface area contributed by atoms with Crippen LogP contribution >= 0.6 is 0 Å². The van der Waals surface area contributed by atoms with Crippen molar-refractivity contribution in [3.8, 4) is 0 Å². The Hall–Kier alpha value is -1.91. The molecule has 90 valence electrons. The second kappa shape index (κ2) is 3.84. The van der Waals surface area contributed by atoms with Gasteiger partial charge in [0.15, 0.2) is 5.69 Å². The van der Waals surface area contributed by atoms with Crippen LogP contribution in [0.2, 0.25) is 0 Å². The van der Waals surface area contributed by atoms with E-state index in [4.69, 9.17) is 4.74 Å². The van der Waals surface area contributed by atoms with E-state index < -0.39 is 11.6 Å². The van der Waals surface area contributed by atoms with Crippen LogP contribution in [-0.2, 0) is 4.74 Å². The first-order chi connectivity index (χ1) is 7.87. The predicted molar refractivity (Wildman–Crippen MR) is 63.8 cm³/mol. The number of ether oxygens (including phenoxy) is 1. The summed E-state index contributed by atoms with van der Waals surface area (Å²) in [6.45, 7) is 7.38. The second-order valence-corrected chi connectivity index (χ2v) is 4.94. The third-order valence-electron chi connectivity index (χ3n) is 2.15. The van der Waals surface area contributed by atoms with Crippen molar-refractivity contribution in [1.29, 1.82) is 0 Å². The van der Waals surface area contributed by atoms with Crippen molar-refractivity contribution in [3.63, 3.8) is 0 Å². The fraction of sp³-hybridized carbons (Fsp3) is 0.417. The van der Waals surface area contributed by atoms with E-state index in [0.29, 0.717) is 16.7 Å². The summed E-state index contributed by atoms with van der Waals surface area (Å²) in [5.74, 6) is -0.427. The summed E-state index contributed by atoms with van der Waals surface area (Å²) in [5.41, 5.74) is 1.36. The zero-order chi connectivity index (χ0) is 12.6. The van der Waals surface area contributed by atoms with Crippen LogP contribution in [0.3, 0.4) is 0 Å². The number of nitrogens with one attached hydrogen (secondary N) is 1. The Labute approximate surface area is 99.2 Å². The van der Waals surface area contributed by atoms with Crippen molar-refractivity contribution in [1.82, 2.24) is 15.0 Å². The van der Waals surface area contributed by atoms with Gasteiger partial charge in [-0.3, -0.25) is 0 Å². The molecular formula is C12H15N3O2. The van der Waals surface area contributed by atoms with Crippen molar-refractivity contribution in [2.45, 2.75) is 33.3 Å². The first-order valence-electron chi connectivity index (χ1n) is 5.40. The fourth-order valence-corrected chi connectivity index (χ4v) is 1.56. The molecular weight excluding hydrogens is 218 g/mol. The zero-order valence-corrected chi connectivity index (χ0v) is 10.4. The van der Waals surface area contributed by atoms with Gasteiger partial charge < -0.3 is 9.72 Å². The first kappa shape index (κ1) is 11.6. The van der Waals surface area contributed by atoms with E-state index in [1.165, 1.54) is 6.33 Å². The normalized spacial score (nSPS) is 11.8. The number of nitrogens with zero attached hydrogens (tertiary/aromatic N) is 2. The molecule has 0 atom stereocenters. The average molecular weight is 233 g/mol. The number of aromatic nitrogens is 3. The van der Waals surface area contributed by atoms with Gasteiger partial charge in [0.1, 0.15) is 17.6 Å². The fourth-order valence-electron chi connectivity index (χ4n) is 1.56. The molecule has 0 spiro atoms. The summed E-state index contributed by atoms with van der Waals surface area (Å²) in [7, 11) is 0. The minimum Gasteiger partial charge on any atom is -0.455 e. The lowest BCUT2D eigenvalue weighted by molar-refractivity contribution is 0.00652. The summed E-state index contributed by atoms with van der Waals surface area (Å²) >= 11 is 0. The quantitative estimate of drug-likeness (QED) is 0.767. The SMILES string of the molecule is Cc1cc2c(C(=O)OC(C)(C)C)ncnc2[nH]1. The standard InChI is InChI=1S/C12H15N3O2/c1-7-5-8-9(11(16)17-12(2,3)4)13-6-14-10(8)15-7/h5-6H,1-4H3,(H,13,14,15). The van der Waals surface area contributed by atoms with Crippen LogP contribution in [0.1, 0.15) is 37.0 Å². The predicted octanol–water partition coefficient (Wildman–Crippen LogP) is 2.22. The molecule has 0 radical (unpaired) electrons. The number of aromatic amines is 1. The highest BCUT2D eigenvalue weighted by Gasteiger charge is 2.21. The van der Waals surface area contributed by atoms with Gasteiger partial charge in [-0.15, -0.1) is 0 Å². The molecule has 0 unspecified atom stereocenters. The summed E-state index contributed by atoms with van der Waals surface area (Å²) < 4.78 is 5.30. The lowest BCUT2D eigenvalue weighted by atomic mass is 10.2. The molecule has 0 aliphatic rings. The lowest BCUT2D eigenvalue weighted by Crippen LogP contribution is -2.24. The number of aryl methyl sites for hydroxylation is 1. The molecule has 0 aliphatic heterocycles. The van der Waals surface area contributed by atoms with Gasteiger partial charge in [-0.25, -0.2) is 14.8 Å². The summed E-state index contributed by atoms with van der Waals surface area (Å²) in [5, 5.41) is 0.694. The number of carbonyl (C=O) groups is 1. The number of hydrogen-bond donors (Lipinski definition) is 1. The molecule has 2 aromatic heterocycles. The highest BCUT2D eigenvalue weighted by Crippen LogP contribution is 2.18. The van der Waals surface area contributed by atoms with Crippen molar-refractivity contribution in [2.75, 3.05) is 0 Å². The summed E-state index contributed by atoms with van der Waals surface area (Å²) in [6.07, 6.45) is 1.36. The van der Waals surface area contributed by atoms with Crippen LogP contribution in [0.25, 0.3) is 11.0 Å². The molecule has 0 bridgehead atoms. The van der Waals surface area contributed by atoms with E-state index in [9.17, 15) is 4.79 Å². The van der Waals surface area contributed by atoms with Crippen LogP contribution < -0.4 is 0 Å². The van der Waals surface area contributed by atoms with Crippen molar-refractivity contribution in [3.05, 3.63) is 23.8 Å². The van der Waals surface area contributed by atoms with Crippen LogP contribution in [0.5, 0.6) is 0 Å². The van der Waals surface area contributed by atoms with Crippen LogP contribution in [0.15, 0.2) is 12.4 Å². The lowest BCUT2D eigenvalue weighted by Gasteiger charge is -2.19. The van der Waals surface area contributed by atoms with Gasteiger partial charge in [0.05, 0.1) is 5.39 Å². The number of esters is 1. The average Bonchev–Trinajstić information content (AvgIpc) is 2.54. The topological polar surface area (TPSA) is 67.9 Å². The summed E-state index contributed by atoms with van der Waals surface area (Å²) in [6, 6.07) is 1.84. The van der Waals surface area contributed by atoms with Crippen LogP contribution in [0, 0.1) is 6.92 Å². The van der Waals surface area contributed by atoms with E-state index in [1.807, 2.05) is 33.8 Å². The Morgan fingerprint density at radius 2 is 2.06 bits per heavy atom. The highest BCUT2D eigenvalue weighted by atomic mass is 16.6. The van der Waals surface area contributed by atoms with Gasteiger partial charge in [-0.1, -0.05) is 0 Å². The molecule has 0 saturated carbocycles. The summed E-state index contributed by atoms with van der Waals surface area (Å²) in [4.78, 5) is 23.1. The van der Waals surface area contributed by atoms with E-state index in [2.05, 4.69) is 15.0 Å². The maximum Gasteiger partial charge on any atom is 0.358 e. The maximum atomic E-state index is 12.0. The molecule has 2 rings (SSSR count). The minimum atomic E-state index is -0.528. The van der Waals surface area contributed by atoms with E-state index in [0.717, 1.165) is 5.69 Å². The largest absolute Gasteiger partial charge is 0.455 e. The molecule has 2 aromatic rings.